The van der Waals surface area contributed by atoms with Crippen LogP contribution in [0.1, 0.15) is 29.4 Å². The highest BCUT2D eigenvalue weighted by Gasteiger charge is 2.22. The number of benzene rings is 2. The second-order valence-electron chi connectivity index (χ2n) is 8.50. The van der Waals surface area contributed by atoms with Crippen molar-refractivity contribution in [1.29, 1.82) is 0 Å². The highest BCUT2D eigenvalue weighted by Crippen LogP contribution is 2.38. The van der Waals surface area contributed by atoms with E-state index in [4.69, 9.17) is 14.6 Å². The van der Waals surface area contributed by atoms with Crippen molar-refractivity contribution in [3.63, 3.8) is 0 Å². The quantitative estimate of drug-likeness (QED) is 0.527. The van der Waals surface area contributed by atoms with Crippen molar-refractivity contribution in [2.24, 2.45) is 0 Å². The van der Waals surface area contributed by atoms with Gasteiger partial charge in [0.15, 0.2) is 17.3 Å². The molecule has 7 nitrogen and oxygen atoms in total. The molecule has 0 saturated carbocycles. The Morgan fingerprint density at radius 3 is 2.15 bits per heavy atom. The van der Waals surface area contributed by atoms with Crippen molar-refractivity contribution >= 4 is 22.4 Å². The Balaban J connectivity index is 1.67. The van der Waals surface area contributed by atoms with E-state index >= 15 is 0 Å². The zero-order valence-electron chi connectivity index (χ0n) is 19.9. The predicted molar refractivity (Wildman–Crippen MR) is 131 cm³/mol. The minimum atomic E-state index is 0.0270. The molecule has 1 N–H and O–H groups in total. The Morgan fingerprint density at radius 2 is 1.58 bits per heavy atom. The molecule has 0 atom stereocenters. The fraction of sp³-hybridized carbons (Fsp3) is 0.423. The van der Waals surface area contributed by atoms with E-state index in [2.05, 4.69) is 38.6 Å². The largest absolute Gasteiger partial charge is 0.493 e. The Kier molecular flexibility index (Phi) is 6.91. The number of piperazine rings is 1. The van der Waals surface area contributed by atoms with E-state index < -0.39 is 0 Å². The number of ether oxygens (including phenoxy) is 2. The highest BCUT2D eigenvalue weighted by molar-refractivity contribution is 6.09. The summed E-state index contributed by atoms with van der Waals surface area (Å²) in [6.07, 6.45) is 0.831. The second-order valence-corrected chi connectivity index (χ2v) is 8.50. The summed E-state index contributed by atoms with van der Waals surface area (Å²) in [6, 6.07) is 12.4. The number of rotatable bonds is 8. The van der Waals surface area contributed by atoms with Crippen LogP contribution in [0.3, 0.4) is 0 Å². The molecule has 0 aliphatic carbocycles. The number of aromatic nitrogens is 1. The van der Waals surface area contributed by atoms with E-state index in [0.29, 0.717) is 17.1 Å². The maximum Gasteiger partial charge on any atom is 0.162 e. The summed E-state index contributed by atoms with van der Waals surface area (Å²) in [5.74, 6) is 1.27. The van der Waals surface area contributed by atoms with Crippen molar-refractivity contribution in [2.75, 3.05) is 58.5 Å². The normalized spacial score (nSPS) is 14.6. The number of anilines is 1. The van der Waals surface area contributed by atoms with Gasteiger partial charge < -0.3 is 24.0 Å². The van der Waals surface area contributed by atoms with Crippen molar-refractivity contribution in [1.82, 2.24) is 9.47 Å². The molecular weight excluding hydrogens is 418 g/mol. The lowest BCUT2D eigenvalue weighted by Gasteiger charge is -2.36. The van der Waals surface area contributed by atoms with E-state index in [1.165, 1.54) is 5.69 Å². The molecule has 1 saturated heterocycles. The fourth-order valence-electron chi connectivity index (χ4n) is 4.85. The van der Waals surface area contributed by atoms with Crippen LogP contribution in [0.5, 0.6) is 11.5 Å². The second kappa shape index (κ2) is 9.85. The summed E-state index contributed by atoms with van der Waals surface area (Å²) < 4.78 is 13.1. The molecule has 1 aliphatic rings. The number of fused-ring (bicyclic) bond motifs is 1. The zero-order chi connectivity index (χ0) is 23.5. The number of methoxy groups -OCH3 is 2. The molecule has 7 heteroatoms. The summed E-state index contributed by atoms with van der Waals surface area (Å²) in [5.41, 5.74) is 4.72. The van der Waals surface area contributed by atoms with Crippen LogP contribution in [-0.2, 0) is 0 Å². The lowest BCUT2D eigenvalue weighted by Crippen LogP contribution is -2.46. The number of hydrogen-bond acceptors (Lipinski definition) is 6. The van der Waals surface area contributed by atoms with Crippen LogP contribution in [0.4, 0.5) is 5.69 Å². The summed E-state index contributed by atoms with van der Waals surface area (Å²) in [5, 5.41) is 9.91. The minimum Gasteiger partial charge on any atom is -0.493 e. The molecule has 1 fully saturated rings. The Labute approximate surface area is 195 Å². The molecule has 2 aromatic carbocycles. The highest BCUT2D eigenvalue weighted by atomic mass is 16.5. The van der Waals surface area contributed by atoms with Gasteiger partial charge in [0.25, 0.3) is 0 Å². The van der Waals surface area contributed by atoms with Crippen LogP contribution in [0.25, 0.3) is 16.6 Å². The number of ketones is 1. The van der Waals surface area contributed by atoms with Gasteiger partial charge in [-0.1, -0.05) is 0 Å². The Bertz CT molecular complexity index is 1130. The summed E-state index contributed by atoms with van der Waals surface area (Å²) >= 11 is 0. The molecule has 0 radical (unpaired) electrons. The number of Topliss-reactive ketones (excluding diaryl/α,β-unsaturated/α-hetero) is 1. The third-order valence-electron chi connectivity index (χ3n) is 6.54. The van der Waals surface area contributed by atoms with Crippen LogP contribution in [0.15, 0.2) is 36.4 Å². The molecule has 3 aromatic rings. The maximum atomic E-state index is 12.5. The van der Waals surface area contributed by atoms with Crippen LogP contribution in [0.2, 0.25) is 0 Å². The first-order valence-electron chi connectivity index (χ1n) is 11.4. The van der Waals surface area contributed by atoms with Crippen molar-refractivity contribution in [3.05, 3.63) is 47.7 Å². The SMILES string of the molecule is COc1cc2c(C(C)=O)c(C)n(-c3ccc(N4CCN(CCCO)CC4)cc3)c2cc1OC. The fourth-order valence-corrected chi connectivity index (χ4v) is 4.85. The minimum absolute atomic E-state index is 0.0270. The van der Waals surface area contributed by atoms with Gasteiger partial charge in [-0.05, 0) is 50.6 Å². The molecule has 176 valence electrons. The number of hydrogen-bond donors (Lipinski definition) is 1. The van der Waals surface area contributed by atoms with Crippen molar-refractivity contribution in [3.8, 4) is 17.2 Å². The zero-order valence-corrected chi connectivity index (χ0v) is 19.9. The number of aliphatic hydroxyl groups excluding tert-OH is 1. The number of nitrogens with zero attached hydrogens (tertiary/aromatic N) is 3. The molecular formula is C26H33N3O4. The third kappa shape index (κ3) is 4.43. The van der Waals surface area contributed by atoms with Crippen LogP contribution >= 0.6 is 0 Å². The number of aliphatic hydroxyl groups is 1. The van der Waals surface area contributed by atoms with Gasteiger partial charge in [0, 0.05) is 73.4 Å². The average Bonchev–Trinajstić information content (AvgIpc) is 3.13. The van der Waals surface area contributed by atoms with E-state index in [0.717, 1.165) is 61.4 Å². The first-order valence-corrected chi connectivity index (χ1v) is 11.4. The predicted octanol–water partition coefficient (Wildman–Crippen LogP) is 3.66. The van der Waals surface area contributed by atoms with Crippen LogP contribution in [0, 0.1) is 6.92 Å². The molecule has 1 aromatic heterocycles. The standard InChI is InChI=1S/C26H33N3O4/c1-18-26(19(2)31)22-16-24(32-3)25(33-4)17-23(22)29(18)21-8-6-20(7-9-21)28-13-11-27(12-14-28)10-5-15-30/h6-9,16-17,30H,5,10-15H2,1-4H3. The van der Waals surface area contributed by atoms with Gasteiger partial charge in [0.1, 0.15) is 0 Å². The summed E-state index contributed by atoms with van der Waals surface area (Å²) in [7, 11) is 3.22. The van der Waals surface area contributed by atoms with E-state index in [-0.39, 0.29) is 12.4 Å². The van der Waals surface area contributed by atoms with Gasteiger partial charge in [-0.3, -0.25) is 9.69 Å². The number of carbonyl (C=O) groups is 1. The van der Waals surface area contributed by atoms with Gasteiger partial charge in [0.05, 0.1) is 19.7 Å². The van der Waals surface area contributed by atoms with E-state index in [1.807, 2.05) is 19.1 Å². The van der Waals surface area contributed by atoms with E-state index in [9.17, 15) is 4.79 Å². The first kappa shape index (κ1) is 23.1. The number of carbonyl (C=O) groups excluding carboxylic acids is 1. The van der Waals surface area contributed by atoms with Crippen LogP contribution in [-0.4, -0.2) is 73.9 Å². The molecule has 33 heavy (non-hydrogen) atoms. The third-order valence-corrected chi connectivity index (χ3v) is 6.54. The molecule has 0 spiro atoms. The van der Waals surface area contributed by atoms with Crippen molar-refractivity contribution in [2.45, 2.75) is 20.3 Å². The van der Waals surface area contributed by atoms with Gasteiger partial charge in [0.2, 0.25) is 0 Å². The van der Waals surface area contributed by atoms with Gasteiger partial charge in [-0.25, -0.2) is 0 Å². The lowest BCUT2D eigenvalue weighted by atomic mass is 10.1. The van der Waals surface area contributed by atoms with Gasteiger partial charge >= 0.3 is 0 Å². The topological polar surface area (TPSA) is 67.2 Å². The molecule has 4 rings (SSSR count). The monoisotopic (exact) mass is 451 g/mol. The van der Waals surface area contributed by atoms with E-state index in [1.54, 1.807) is 21.1 Å². The lowest BCUT2D eigenvalue weighted by molar-refractivity contribution is 0.101. The molecule has 0 amide bonds. The summed E-state index contributed by atoms with van der Waals surface area (Å²) in [6.45, 7) is 8.75. The first-order chi connectivity index (χ1) is 16.0. The molecule has 2 heterocycles. The molecule has 1 aliphatic heterocycles. The Hall–Kier alpha value is -3.03. The molecule has 0 bridgehead atoms. The maximum absolute atomic E-state index is 12.5. The van der Waals surface area contributed by atoms with Crippen molar-refractivity contribution < 1.29 is 19.4 Å². The van der Waals surface area contributed by atoms with Crippen LogP contribution < -0.4 is 14.4 Å². The van der Waals surface area contributed by atoms with Gasteiger partial charge in [-0.15, -0.1) is 0 Å². The summed E-state index contributed by atoms with van der Waals surface area (Å²) in [4.78, 5) is 17.3. The van der Waals surface area contributed by atoms with Gasteiger partial charge in [-0.2, -0.15) is 0 Å². The smallest absolute Gasteiger partial charge is 0.162 e. The average molecular weight is 452 g/mol. The Morgan fingerprint density at radius 1 is 0.970 bits per heavy atom. The molecule has 0 unspecified atom stereocenters.